The molecule has 0 bridgehead atoms. The summed E-state index contributed by atoms with van der Waals surface area (Å²) in [4.78, 5) is 12.4. The molecule has 0 saturated carbocycles. The third-order valence-electron chi connectivity index (χ3n) is 3.57. The SMILES string of the molecule is Clc1cc(Cl)cc(-c2nc3ccc(C4=NCCN4)cc3[nH]2)c1. The Morgan fingerprint density at radius 1 is 0.955 bits per heavy atom. The van der Waals surface area contributed by atoms with Gasteiger partial charge in [0.1, 0.15) is 11.7 Å². The Balaban J connectivity index is 1.80. The molecule has 0 fully saturated rings. The van der Waals surface area contributed by atoms with Gasteiger partial charge in [0.05, 0.1) is 17.6 Å². The van der Waals surface area contributed by atoms with Crippen molar-refractivity contribution in [1.29, 1.82) is 0 Å². The van der Waals surface area contributed by atoms with E-state index >= 15 is 0 Å². The molecule has 2 N–H and O–H groups in total. The second-order valence-electron chi connectivity index (χ2n) is 5.13. The van der Waals surface area contributed by atoms with E-state index in [0.29, 0.717) is 10.0 Å². The van der Waals surface area contributed by atoms with Gasteiger partial charge in [0.2, 0.25) is 0 Å². The Labute approximate surface area is 137 Å². The van der Waals surface area contributed by atoms with Crippen LogP contribution in [0.1, 0.15) is 5.56 Å². The van der Waals surface area contributed by atoms with Gasteiger partial charge >= 0.3 is 0 Å². The zero-order chi connectivity index (χ0) is 15.1. The first-order valence-corrected chi connectivity index (χ1v) is 7.69. The molecule has 0 aliphatic carbocycles. The van der Waals surface area contributed by atoms with Crippen LogP contribution >= 0.6 is 23.2 Å². The van der Waals surface area contributed by atoms with Crippen LogP contribution in [-0.4, -0.2) is 28.9 Å². The van der Waals surface area contributed by atoms with Crippen molar-refractivity contribution in [3.63, 3.8) is 0 Å². The van der Waals surface area contributed by atoms with Crippen molar-refractivity contribution in [1.82, 2.24) is 15.3 Å². The molecule has 2 aromatic carbocycles. The van der Waals surface area contributed by atoms with Gasteiger partial charge in [-0.25, -0.2) is 4.98 Å². The summed E-state index contributed by atoms with van der Waals surface area (Å²) in [6, 6.07) is 11.4. The Morgan fingerprint density at radius 3 is 2.50 bits per heavy atom. The molecular formula is C16H12Cl2N4. The average Bonchev–Trinajstić information content (AvgIpc) is 3.15. The van der Waals surface area contributed by atoms with Crippen molar-refractivity contribution in [2.75, 3.05) is 13.1 Å². The summed E-state index contributed by atoms with van der Waals surface area (Å²) in [6.07, 6.45) is 0. The normalized spacial score (nSPS) is 14.2. The summed E-state index contributed by atoms with van der Waals surface area (Å²) in [6.45, 7) is 1.71. The van der Waals surface area contributed by atoms with Gasteiger partial charge in [0, 0.05) is 27.7 Å². The maximum absolute atomic E-state index is 6.06. The van der Waals surface area contributed by atoms with Crippen LogP contribution in [0.25, 0.3) is 22.4 Å². The average molecular weight is 331 g/mol. The summed E-state index contributed by atoms with van der Waals surface area (Å²) in [5, 5.41) is 4.45. The number of aromatic amines is 1. The summed E-state index contributed by atoms with van der Waals surface area (Å²) in [5.41, 5.74) is 3.78. The molecule has 4 nitrogen and oxygen atoms in total. The molecule has 0 amide bonds. The van der Waals surface area contributed by atoms with Crippen LogP contribution in [0.15, 0.2) is 41.4 Å². The molecule has 1 aliphatic rings. The van der Waals surface area contributed by atoms with E-state index in [4.69, 9.17) is 23.2 Å². The fourth-order valence-corrected chi connectivity index (χ4v) is 3.10. The fourth-order valence-electron chi connectivity index (χ4n) is 2.58. The van der Waals surface area contributed by atoms with Crippen LogP contribution in [0, 0.1) is 0 Å². The quantitative estimate of drug-likeness (QED) is 0.749. The zero-order valence-corrected chi connectivity index (χ0v) is 13.0. The molecule has 110 valence electrons. The van der Waals surface area contributed by atoms with Crippen molar-refractivity contribution in [3.05, 3.63) is 52.0 Å². The highest BCUT2D eigenvalue weighted by atomic mass is 35.5. The van der Waals surface area contributed by atoms with Crippen LogP contribution in [0.2, 0.25) is 10.0 Å². The maximum Gasteiger partial charge on any atom is 0.138 e. The third-order valence-corrected chi connectivity index (χ3v) is 4.00. The van der Waals surface area contributed by atoms with Crippen LogP contribution in [0.4, 0.5) is 0 Å². The van der Waals surface area contributed by atoms with Crippen LogP contribution in [-0.2, 0) is 0 Å². The number of nitrogens with one attached hydrogen (secondary N) is 2. The number of amidine groups is 1. The van der Waals surface area contributed by atoms with Gasteiger partial charge in [-0.05, 0) is 36.4 Å². The standard InChI is InChI=1S/C16H12Cl2N4/c17-11-5-10(6-12(18)8-11)16-21-13-2-1-9(7-14(13)22-16)15-19-3-4-20-15/h1-2,5-8H,3-4H2,(H,19,20)(H,21,22). The number of aromatic nitrogens is 2. The number of imidazole rings is 1. The molecule has 1 aliphatic heterocycles. The Kier molecular flexibility index (Phi) is 3.28. The third kappa shape index (κ3) is 2.45. The molecule has 0 radical (unpaired) electrons. The number of benzene rings is 2. The molecular weight excluding hydrogens is 319 g/mol. The molecule has 0 unspecified atom stereocenters. The Hall–Kier alpha value is -2.04. The van der Waals surface area contributed by atoms with E-state index in [-0.39, 0.29) is 0 Å². The molecule has 22 heavy (non-hydrogen) atoms. The predicted octanol–water partition coefficient (Wildman–Crippen LogP) is 3.89. The van der Waals surface area contributed by atoms with Gasteiger partial charge in [-0.15, -0.1) is 0 Å². The topological polar surface area (TPSA) is 53.1 Å². The number of hydrogen-bond donors (Lipinski definition) is 2. The van der Waals surface area contributed by atoms with Gasteiger partial charge in [-0.1, -0.05) is 23.2 Å². The second kappa shape index (κ2) is 5.30. The largest absolute Gasteiger partial charge is 0.368 e. The maximum atomic E-state index is 6.06. The molecule has 0 spiro atoms. The number of H-pyrrole nitrogens is 1. The zero-order valence-electron chi connectivity index (χ0n) is 11.5. The number of rotatable bonds is 2. The molecule has 0 atom stereocenters. The summed E-state index contributed by atoms with van der Waals surface area (Å²) >= 11 is 12.1. The molecule has 1 aromatic heterocycles. The lowest BCUT2D eigenvalue weighted by molar-refractivity contribution is 0.960. The van der Waals surface area contributed by atoms with E-state index in [2.05, 4.69) is 26.3 Å². The van der Waals surface area contributed by atoms with Gasteiger partial charge in [-0.2, -0.15) is 0 Å². The van der Waals surface area contributed by atoms with E-state index in [9.17, 15) is 0 Å². The molecule has 3 aromatic rings. The number of fused-ring (bicyclic) bond motifs is 1. The number of nitrogens with zero attached hydrogens (tertiary/aromatic N) is 2. The van der Waals surface area contributed by atoms with E-state index in [1.807, 2.05) is 24.3 Å². The number of hydrogen-bond acceptors (Lipinski definition) is 3. The van der Waals surface area contributed by atoms with Gasteiger partial charge in [0.25, 0.3) is 0 Å². The molecule has 4 rings (SSSR count). The van der Waals surface area contributed by atoms with Crippen molar-refractivity contribution < 1.29 is 0 Å². The van der Waals surface area contributed by atoms with Crippen LogP contribution in [0.3, 0.4) is 0 Å². The van der Waals surface area contributed by atoms with E-state index in [1.54, 1.807) is 6.07 Å². The van der Waals surface area contributed by atoms with Gasteiger partial charge in [-0.3, -0.25) is 4.99 Å². The van der Waals surface area contributed by atoms with Gasteiger partial charge in [0.15, 0.2) is 0 Å². The number of aliphatic imine (C=N–C) groups is 1. The van der Waals surface area contributed by atoms with Crippen LogP contribution < -0.4 is 5.32 Å². The highest BCUT2D eigenvalue weighted by Crippen LogP contribution is 2.27. The van der Waals surface area contributed by atoms with E-state index in [1.165, 1.54) is 0 Å². The fraction of sp³-hybridized carbons (Fsp3) is 0.125. The monoisotopic (exact) mass is 330 g/mol. The minimum atomic E-state index is 0.591. The summed E-state index contributed by atoms with van der Waals surface area (Å²) in [7, 11) is 0. The highest BCUT2D eigenvalue weighted by Gasteiger charge is 2.11. The lowest BCUT2D eigenvalue weighted by Crippen LogP contribution is -2.19. The van der Waals surface area contributed by atoms with Crippen molar-refractivity contribution in [2.24, 2.45) is 4.99 Å². The van der Waals surface area contributed by atoms with E-state index in [0.717, 1.165) is 46.9 Å². The first-order chi connectivity index (χ1) is 10.7. The summed E-state index contributed by atoms with van der Waals surface area (Å²) in [5.74, 6) is 1.68. The Bertz CT molecular complexity index is 878. The van der Waals surface area contributed by atoms with Gasteiger partial charge < -0.3 is 10.3 Å². The van der Waals surface area contributed by atoms with Crippen LogP contribution in [0.5, 0.6) is 0 Å². The highest BCUT2D eigenvalue weighted by molar-refractivity contribution is 6.35. The smallest absolute Gasteiger partial charge is 0.138 e. The predicted molar refractivity (Wildman–Crippen MR) is 91.0 cm³/mol. The van der Waals surface area contributed by atoms with E-state index < -0.39 is 0 Å². The first-order valence-electron chi connectivity index (χ1n) is 6.94. The first kappa shape index (κ1) is 13.6. The molecule has 6 heteroatoms. The minimum absolute atomic E-state index is 0.591. The van der Waals surface area contributed by atoms with Crippen molar-refractivity contribution in [2.45, 2.75) is 0 Å². The second-order valence-corrected chi connectivity index (χ2v) is 6.01. The molecule has 2 heterocycles. The minimum Gasteiger partial charge on any atom is -0.368 e. The lowest BCUT2D eigenvalue weighted by Gasteiger charge is -2.01. The van der Waals surface area contributed by atoms with Crippen molar-refractivity contribution >= 4 is 40.1 Å². The Morgan fingerprint density at radius 2 is 1.77 bits per heavy atom. The lowest BCUT2D eigenvalue weighted by atomic mass is 10.2. The molecule has 0 saturated heterocycles. The number of halogens is 2. The summed E-state index contributed by atoms with van der Waals surface area (Å²) < 4.78 is 0. The van der Waals surface area contributed by atoms with Crippen molar-refractivity contribution in [3.8, 4) is 11.4 Å².